The van der Waals surface area contributed by atoms with E-state index in [9.17, 15) is 4.79 Å². The molecule has 2 aliphatic carbocycles. The Morgan fingerprint density at radius 3 is 2.32 bits per heavy atom. The van der Waals surface area contributed by atoms with Crippen LogP contribution in [-0.2, 0) is 9.53 Å². The van der Waals surface area contributed by atoms with Crippen LogP contribution >= 0.6 is 0 Å². The summed E-state index contributed by atoms with van der Waals surface area (Å²) in [7, 11) is 1.53. The number of ether oxygens (including phenoxy) is 1. The SMILES string of the molecule is COC(=O)C1CC(NC2CCCCC2)CN(C2CCCC2)C1. The van der Waals surface area contributed by atoms with Crippen molar-refractivity contribution in [3.63, 3.8) is 0 Å². The summed E-state index contributed by atoms with van der Waals surface area (Å²) in [5.74, 6) is 0.0404. The Labute approximate surface area is 135 Å². The van der Waals surface area contributed by atoms with Crippen LogP contribution in [0.4, 0.5) is 0 Å². The summed E-state index contributed by atoms with van der Waals surface area (Å²) in [4.78, 5) is 14.7. The molecule has 126 valence electrons. The number of nitrogens with zero attached hydrogens (tertiary/aromatic N) is 1. The Morgan fingerprint density at radius 1 is 0.955 bits per heavy atom. The normalized spacial score (nSPS) is 32.2. The largest absolute Gasteiger partial charge is 0.469 e. The highest BCUT2D eigenvalue weighted by molar-refractivity contribution is 5.72. The smallest absolute Gasteiger partial charge is 0.310 e. The molecule has 3 fully saturated rings. The van der Waals surface area contributed by atoms with Crippen LogP contribution < -0.4 is 5.32 Å². The van der Waals surface area contributed by atoms with Gasteiger partial charge < -0.3 is 10.1 Å². The van der Waals surface area contributed by atoms with E-state index >= 15 is 0 Å². The molecule has 0 spiro atoms. The van der Waals surface area contributed by atoms with Gasteiger partial charge in [0.05, 0.1) is 13.0 Å². The number of piperidine rings is 1. The zero-order chi connectivity index (χ0) is 15.4. The Morgan fingerprint density at radius 2 is 1.64 bits per heavy atom. The van der Waals surface area contributed by atoms with Gasteiger partial charge in [0.1, 0.15) is 0 Å². The number of carbonyl (C=O) groups is 1. The van der Waals surface area contributed by atoms with Crippen molar-refractivity contribution >= 4 is 5.97 Å². The van der Waals surface area contributed by atoms with Crippen molar-refractivity contribution in [2.75, 3.05) is 20.2 Å². The number of methoxy groups -OCH3 is 1. The summed E-state index contributed by atoms with van der Waals surface area (Å²) in [5.41, 5.74) is 0. The second-order valence-corrected chi connectivity index (χ2v) is 7.55. The molecule has 0 amide bonds. The number of hydrogen-bond donors (Lipinski definition) is 1. The molecule has 4 heteroatoms. The Hall–Kier alpha value is -0.610. The molecule has 1 aliphatic heterocycles. The van der Waals surface area contributed by atoms with E-state index in [2.05, 4.69) is 10.2 Å². The van der Waals surface area contributed by atoms with Crippen LogP contribution in [0.15, 0.2) is 0 Å². The predicted molar refractivity (Wildman–Crippen MR) is 87.7 cm³/mol. The lowest BCUT2D eigenvalue weighted by Gasteiger charge is -2.42. The molecule has 0 aromatic heterocycles. The van der Waals surface area contributed by atoms with Gasteiger partial charge >= 0.3 is 5.97 Å². The lowest BCUT2D eigenvalue weighted by molar-refractivity contribution is -0.148. The van der Waals surface area contributed by atoms with Gasteiger partial charge in [-0.3, -0.25) is 9.69 Å². The van der Waals surface area contributed by atoms with Crippen molar-refractivity contribution in [1.82, 2.24) is 10.2 Å². The fraction of sp³-hybridized carbons (Fsp3) is 0.944. The maximum absolute atomic E-state index is 12.1. The Bertz CT molecular complexity index is 362. The fourth-order valence-electron chi connectivity index (χ4n) is 4.76. The summed E-state index contributed by atoms with van der Waals surface area (Å²) >= 11 is 0. The van der Waals surface area contributed by atoms with E-state index in [1.807, 2.05) is 0 Å². The van der Waals surface area contributed by atoms with Crippen LogP contribution in [-0.4, -0.2) is 49.2 Å². The van der Waals surface area contributed by atoms with Gasteiger partial charge in [0.25, 0.3) is 0 Å². The summed E-state index contributed by atoms with van der Waals surface area (Å²) in [6.07, 6.45) is 13.0. The minimum atomic E-state index is -0.0156. The second kappa shape index (κ2) is 7.78. The number of carbonyl (C=O) groups excluding carboxylic acids is 1. The number of rotatable bonds is 4. The van der Waals surface area contributed by atoms with E-state index in [-0.39, 0.29) is 11.9 Å². The number of likely N-dealkylation sites (tertiary alicyclic amines) is 1. The van der Waals surface area contributed by atoms with E-state index in [1.165, 1.54) is 64.9 Å². The molecule has 3 rings (SSSR count). The first-order chi connectivity index (χ1) is 10.8. The van der Waals surface area contributed by atoms with Gasteiger partial charge in [-0.05, 0) is 32.1 Å². The highest BCUT2D eigenvalue weighted by Gasteiger charge is 2.36. The summed E-state index contributed by atoms with van der Waals surface area (Å²) in [5, 5.41) is 3.87. The molecule has 0 aromatic rings. The maximum atomic E-state index is 12.1. The minimum Gasteiger partial charge on any atom is -0.469 e. The molecule has 1 saturated heterocycles. The van der Waals surface area contributed by atoms with Crippen LogP contribution in [0.1, 0.15) is 64.2 Å². The third-order valence-corrected chi connectivity index (χ3v) is 5.93. The van der Waals surface area contributed by atoms with Crippen molar-refractivity contribution in [1.29, 1.82) is 0 Å². The van der Waals surface area contributed by atoms with E-state index in [1.54, 1.807) is 0 Å². The molecule has 2 unspecified atom stereocenters. The average Bonchev–Trinajstić information content (AvgIpc) is 3.09. The third kappa shape index (κ3) is 4.02. The van der Waals surface area contributed by atoms with Crippen molar-refractivity contribution < 1.29 is 9.53 Å². The van der Waals surface area contributed by atoms with E-state index in [4.69, 9.17) is 4.74 Å². The molecule has 0 bridgehead atoms. The van der Waals surface area contributed by atoms with Crippen LogP contribution in [0.25, 0.3) is 0 Å². The van der Waals surface area contributed by atoms with Gasteiger partial charge in [-0.25, -0.2) is 0 Å². The highest BCUT2D eigenvalue weighted by Crippen LogP contribution is 2.29. The molecule has 1 heterocycles. The monoisotopic (exact) mass is 308 g/mol. The Balaban J connectivity index is 1.61. The highest BCUT2D eigenvalue weighted by atomic mass is 16.5. The van der Waals surface area contributed by atoms with Crippen LogP contribution in [0.2, 0.25) is 0 Å². The Kier molecular flexibility index (Phi) is 5.75. The quantitative estimate of drug-likeness (QED) is 0.811. The van der Waals surface area contributed by atoms with Crippen molar-refractivity contribution in [2.24, 2.45) is 5.92 Å². The standard InChI is InChI=1S/C18H32N2O2/c1-22-18(21)14-11-16(19-15-7-3-2-4-8-15)13-20(12-14)17-9-5-6-10-17/h14-17,19H,2-13H2,1H3. The average molecular weight is 308 g/mol. The number of esters is 1. The van der Waals surface area contributed by atoms with Crippen LogP contribution in [0.5, 0.6) is 0 Å². The van der Waals surface area contributed by atoms with Crippen molar-refractivity contribution in [3.05, 3.63) is 0 Å². The van der Waals surface area contributed by atoms with Gasteiger partial charge in [0.2, 0.25) is 0 Å². The number of hydrogen-bond acceptors (Lipinski definition) is 4. The van der Waals surface area contributed by atoms with Gasteiger partial charge in [-0.15, -0.1) is 0 Å². The molecule has 0 aromatic carbocycles. The van der Waals surface area contributed by atoms with Crippen LogP contribution in [0.3, 0.4) is 0 Å². The second-order valence-electron chi connectivity index (χ2n) is 7.55. The van der Waals surface area contributed by atoms with E-state index in [0.717, 1.165) is 19.5 Å². The lowest BCUT2D eigenvalue weighted by Crippen LogP contribution is -2.55. The first-order valence-electron chi connectivity index (χ1n) is 9.34. The molecule has 22 heavy (non-hydrogen) atoms. The zero-order valence-corrected chi connectivity index (χ0v) is 14.1. The summed E-state index contributed by atoms with van der Waals surface area (Å²) < 4.78 is 5.05. The fourth-order valence-corrected chi connectivity index (χ4v) is 4.76. The molecule has 4 nitrogen and oxygen atoms in total. The minimum absolute atomic E-state index is 0.0156. The molecular formula is C18H32N2O2. The molecule has 2 atom stereocenters. The molecule has 2 saturated carbocycles. The van der Waals surface area contributed by atoms with Crippen molar-refractivity contribution in [2.45, 2.75) is 82.3 Å². The first-order valence-corrected chi connectivity index (χ1v) is 9.34. The van der Waals surface area contributed by atoms with Gasteiger partial charge in [-0.2, -0.15) is 0 Å². The van der Waals surface area contributed by atoms with Gasteiger partial charge in [0, 0.05) is 31.2 Å². The van der Waals surface area contributed by atoms with E-state index in [0.29, 0.717) is 18.1 Å². The van der Waals surface area contributed by atoms with Gasteiger partial charge in [-0.1, -0.05) is 32.1 Å². The molecular weight excluding hydrogens is 276 g/mol. The van der Waals surface area contributed by atoms with Gasteiger partial charge in [0.15, 0.2) is 0 Å². The first kappa shape index (κ1) is 16.3. The maximum Gasteiger partial charge on any atom is 0.310 e. The summed E-state index contributed by atoms with van der Waals surface area (Å²) in [6, 6.07) is 1.82. The molecule has 1 N–H and O–H groups in total. The van der Waals surface area contributed by atoms with Crippen LogP contribution in [0, 0.1) is 5.92 Å². The van der Waals surface area contributed by atoms with Crippen molar-refractivity contribution in [3.8, 4) is 0 Å². The zero-order valence-electron chi connectivity index (χ0n) is 14.1. The molecule has 0 radical (unpaired) electrons. The van der Waals surface area contributed by atoms with E-state index < -0.39 is 0 Å². The third-order valence-electron chi connectivity index (χ3n) is 5.93. The predicted octanol–water partition coefficient (Wildman–Crippen LogP) is 2.71. The summed E-state index contributed by atoms with van der Waals surface area (Å²) in [6.45, 7) is 2.02. The topological polar surface area (TPSA) is 41.6 Å². The number of nitrogens with one attached hydrogen (secondary N) is 1. The molecule has 3 aliphatic rings. The lowest BCUT2D eigenvalue weighted by atomic mass is 9.90.